The minimum atomic E-state index is -1.18. The number of hydrogen-bond donors (Lipinski definition) is 0. The fourth-order valence-electron chi connectivity index (χ4n) is 2.92. The Morgan fingerprint density at radius 3 is 2.43 bits per heavy atom. The summed E-state index contributed by atoms with van der Waals surface area (Å²) in [5, 5.41) is 9.43. The van der Waals surface area contributed by atoms with Crippen LogP contribution in [0.25, 0.3) is 10.8 Å². The van der Waals surface area contributed by atoms with E-state index in [1.807, 2.05) is 6.92 Å². The van der Waals surface area contributed by atoms with Crippen LogP contribution in [0, 0.1) is 28.8 Å². The van der Waals surface area contributed by atoms with Gasteiger partial charge < -0.3 is 4.74 Å². The molecule has 0 saturated heterocycles. The molecule has 0 aromatic heterocycles. The van der Waals surface area contributed by atoms with Crippen molar-refractivity contribution in [2.45, 2.75) is 26.2 Å². The molecule has 6 heteroatoms. The Morgan fingerprint density at radius 1 is 1.07 bits per heavy atom. The lowest BCUT2D eigenvalue weighted by molar-refractivity contribution is 0.0725. The van der Waals surface area contributed by atoms with Crippen molar-refractivity contribution in [3.05, 3.63) is 76.6 Å². The largest absolute Gasteiger partial charge is 0.423 e. The van der Waals surface area contributed by atoms with E-state index in [1.165, 1.54) is 30.3 Å². The van der Waals surface area contributed by atoms with Crippen molar-refractivity contribution >= 4 is 16.7 Å². The van der Waals surface area contributed by atoms with Gasteiger partial charge in [0.1, 0.15) is 34.8 Å². The van der Waals surface area contributed by atoms with Gasteiger partial charge in [0.25, 0.3) is 0 Å². The summed E-state index contributed by atoms with van der Waals surface area (Å²) in [4.78, 5) is 12.3. The van der Waals surface area contributed by atoms with Crippen LogP contribution in [0.5, 0.6) is 5.75 Å². The van der Waals surface area contributed by atoms with Crippen molar-refractivity contribution < 1.29 is 22.7 Å². The zero-order chi connectivity index (χ0) is 20.3. The van der Waals surface area contributed by atoms with Gasteiger partial charge in [-0.15, -0.1) is 0 Å². The van der Waals surface area contributed by atoms with Crippen molar-refractivity contribution in [1.82, 2.24) is 0 Å². The first-order chi connectivity index (χ1) is 13.4. The zero-order valence-corrected chi connectivity index (χ0v) is 15.1. The van der Waals surface area contributed by atoms with E-state index in [4.69, 9.17) is 10.00 Å². The van der Waals surface area contributed by atoms with E-state index in [0.717, 1.165) is 25.0 Å². The number of hydrogen-bond acceptors (Lipinski definition) is 3. The lowest BCUT2D eigenvalue weighted by Gasteiger charge is -2.09. The molecule has 0 aliphatic carbocycles. The molecule has 3 aromatic rings. The third-order valence-electron chi connectivity index (χ3n) is 4.38. The summed E-state index contributed by atoms with van der Waals surface area (Å²) in [5.74, 6) is -3.82. The SMILES string of the molecule is CCCCc1cc(F)c(C(=O)Oc2ccc3c(F)c(C#N)ccc3c2)c(F)c1. The number of fused-ring (bicyclic) bond motifs is 1. The second-order valence-electron chi connectivity index (χ2n) is 6.35. The van der Waals surface area contributed by atoms with E-state index in [0.29, 0.717) is 17.4 Å². The van der Waals surface area contributed by atoms with Crippen LogP contribution in [-0.2, 0) is 6.42 Å². The summed E-state index contributed by atoms with van der Waals surface area (Å²) in [6.45, 7) is 1.97. The van der Waals surface area contributed by atoms with E-state index in [2.05, 4.69) is 0 Å². The molecule has 142 valence electrons. The van der Waals surface area contributed by atoms with E-state index >= 15 is 0 Å². The second kappa shape index (κ2) is 8.13. The number of carbonyl (C=O) groups excluding carboxylic acids is 1. The predicted octanol–water partition coefficient (Wildman–Crippen LogP) is 5.69. The van der Waals surface area contributed by atoms with Gasteiger partial charge in [-0.05, 0) is 60.2 Å². The van der Waals surface area contributed by atoms with Crippen LogP contribution in [0.2, 0.25) is 0 Å². The van der Waals surface area contributed by atoms with Gasteiger partial charge in [0, 0.05) is 5.39 Å². The van der Waals surface area contributed by atoms with Crippen molar-refractivity contribution in [3.8, 4) is 11.8 Å². The van der Waals surface area contributed by atoms with E-state index in [-0.39, 0.29) is 16.7 Å². The summed E-state index contributed by atoms with van der Waals surface area (Å²) in [5.41, 5.74) is -0.404. The molecule has 0 aliphatic heterocycles. The topological polar surface area (TPSA) is 50.1 Å². The molecule has 0 N–H and O–H groups in total. The van der Waals surface area contributed by atoms with Crippen LogP contribution in [0.1, 0.15) is 41.3 Å². The normalized spacial score (nSPS) is 10.7. The van der Waals surface area contributed by atoms with Crippen LogP contribution in [0.3, 0.4) is 0 Å². The molecule has 0 aliphatic rings. The van der Waals surface area contributed by atoms with Gasteiger partial charge >= 0.3 is 5.97 Å². The molecule has 0 unspecified atom stereocenters. The number of benzene rings is 3. The van der Waals surface area contributed by atoms with Gasteiger partial charge in [-0.1, -0.05) is 19.4 Å². The Balaban J connectivity index is 1.88. The number of unbranched alkanes of at least 4 members (excludes halogenated alkanes) is 1. The molecule has 0 bridgehead atoms. The van der Waals surface area contributed by atoms with Crippen LogP contribution in [-0.4, -0.2) is 5.97 Å². The molecule has 0 spiro atoms. The number of aryl methyl sites for hydroxylation is 1. The monoisotopic (exact) mass is 383 g/mol. The molecule has 0 heterocycles. The second-order valence-corrected chi connectivity index (χ2v) is 6.35. The number of esters is 1. The molecule has 3 nitrogen and oxygen atoms in total. The average Bonchev–Trinajstić information content (AvgIpc) is 2.66. The van der Waals surface area contributed by atoms with Crippen molar-refractivity contribution in [3.63, 3.8) is 0 Å². The Bertz CT molecular complexity index is 1080. The van der Waals surface area contributed by atoms with Crippen LogP contribution in [0.15, 0.2) is 42.5 Å². The van der Waals surface area contributed by atoms with Crippen molar-refractivity contribution in [2.24, 2.45) is 0 Å². The molecule has 0 radical (unpaired) electrons. The van der Waals surface area contributed by atoms with Crippen molar-refractivity contribution in [1.29, 1.82) is 5.26 Å². The fraction of sp³-hybridized carbons (Fsp3) is 0.182. The van der Waals surface area contributed by atoms with Crippen LogP contribution in [0.4, 0.5) is 13.2 Å². The van der Waals surface area contributed by atoms with E-state index in [1.54, 1.807) is 6.07 Å². The highest BCUT2D eigenvalue weighted by Crippen LogP contribution is 2.26. The minimum absolute atomic E-state index is 0.00969. The average molecular weight is 383 g/mol. The van der Waals surface area contributed by atoms with E-state index in [9.17, 15) is 18.0 Å². The minimum Gasteiger partial charge on any atom is -0.423 e. The molecule has 0 amide bonds. The zero-order valence-electron chi connectivity index (χ0n) is 15.1. The number of rotatable bonds is 5. The first-order valence-electron chi connectivity index (χ1n) is 8.77. The molecule has 0 saturated carbocycles. The highest BCUT2D eigenvalue weighted by atomic mass is 19.1. The maximum Gasteiger partial charge on any atom is 0.349 e. The third kappa shape index (κ3) is 3.84. The standard InChI is InChI=1S/C22H16F3NO2/c1-2-3-4-13-9-18(23)20(19(24)10-13)22(27)28-16-7-8-17-14(11-16)5-6-15(12-26)21(17)25/h5-11H,2-4H2,1H3. The number of carbonyl (C=O) groups is 1. The molecule has 0 atom stereocenters. The van der Waals surface area contributed by atoms with Crippen molar-refractivity contribution in [2.75, 3.05) is 0 Å². The number of ether oxygens (including phenoxy) is 1. The summed E-state index contributed by atoms with van der Waals surface area (Å²) in [7, 11) is 0. The van der Waals surface area contributed by atoms with Gasteiger partial charge in [0.2, 0.25) is 0 Å². The van der Waals surface area contributed by atoms with Gasteiger partial charge in [-0.2, -0.15) is 5.26 Å². The Kier molecular flexibility index (Phi) is 5.65. The maximum absolute atomic E-state index is 14.3. The fourth-order valence-corrected chi connectivity index (χ4v) is 2.92. The number of nitrogens with zero attached hydrogens (tertiary/aromatic N) is 1. The first-order valence-corrected chi connectivity index (χ1v) is 8.77. The van der Waals surface area contributed by atoms with Crippen LogP contribution < -0.4 is 4.74 Å². The first kappa shape index (κ1) is 19.4. The Labute approximate surface area is 160 Å². The highest BCUT2D eigenvalue weighted by Gasteiger charge is 2.21. The molecular formula is C22H16F3NO2. The summed E-state index contributed by atoms with van der Waals surface area (Å²) >= 11 is 0. The number of nitriles is 1. The van der Waals surface area contributed by atoms with E-state index < -0.39 is 29.0 Å². The Morgan fingerprint density at radius 2 is 1.79 bits per heavy atom. The third-order valence-corrected chi connectivity index (χ3v) is 4.38. The molecule has 3 rings (SSSR count). The summed E-state index contributed by atoms with van der Waals surface area (Å²) < 4.78 is 47.7. The maximum atomic E-state index is 14.3. The molecule has 3 aromatic carbocycles. The van der Waals surface area contributed by atoms with Gasteiger partial charge in [-0.3, -0.25) is 0 Å². The quantitative estimate of drug-likeness (QED) is 0.420. The van der Waals surface area contributed by atoms with Gasteiger partial charge in [0.15, 0.2) is 0 Å². The number of halogens is 3. The smallest absolute Gasteiger partial charge is 0.349 e. The van der Waals surface area contributed by atoms with Gasteiger partial charge in [-0.25, -0.2) is 18.0 Å². The lowest BCUT2D eigenvalue weighted by atomic mass is 10.0. The lowest BCUT2D eigenvalue weighted by Crippen LogP contribution is -2.14. The summed E-state index contributed by atoms with van der Waals surface area (Å²) in [6, 6.07) is 10.8. The Hall–Kier alpha value is -3.33. The molecular weight excluding hydrogens is 367 g/mol. The molecule has 0 fully saturated rings. The van der Waals surface area contributed by atoms with Crippen LogP contribution >= 0.6 is 0 Å². The predicted molar refractivity (Wildman–Crippen MR) is 98.5 cm³/mol. The molecule has 28 heavy (non-hydrogen) atoms. The summed E-state index contributed by atoms with van der Waals surface area (Å²) in [6.07, 6.45) is 2.18. The van der Waals surface area contributed by atoms with Gasteiger partial charge in [0.05, 0.1) is 5.56 Å². The highest BCUT2D eigenvalue weighted by molar-refractivity contribution is 5.93.